The van der Waals surface area contributed by atoms with Gasteiger partial charge in [-0.2, -0.15) is 0 Å². The van der Waals surface area contributed by atoms with Crippen molar-refractivity contribution in [3.63, 3.8) is 0 Å². The Morgan fingerprint density at radius 1 is 1.16 bits per heavy atom. The second kappa shape index (κ2) is 3.89. The topological polar surface area (TPSA) is 58.1 Å². The number of hydrogen-bond donors (Lipinski definition) is 1. The minimum absolute atomic E-state index is 0.263. The molecule has 0 fully saturated rings. The van der Waals surface area contributed by atoms with E-state index in [0.29, 0.717) is 15.9 Å². The predicted octanol–water partition coefficient (Wildman–Crippen LogP) is 2.07. The number of nitrogens with zero attached hydrogens (tertiary/aromatic N) is 2. The summed E-state index contributed by atoms with van der Waals surface area (Å²) >= 11 is 5.20. The average molecular weight is 273 g/mol. The van der Waals surface area contributed by atoms with Crippen LogP contribution in [0.3, 0.4) is 0 Å². The first-order valence-electron chi connectivity index (χ1n) is 5.74. The molecule has 1 aliphatic rings. The lowest BCUT2D eigenvalue weighted by atomic mass is 10.1. The number of hydrogen-bond acceptors (Lipinski definition) is 3. The van der Waals surface area contributed by atoms with Crippen molar-refractivity contribution in [1.82, 2.24) is 14.5 Å². The number of aromatic amines is 1. The molecule has 0 aliphatic carbocycles. The number of rotatable bonds is 1. The molecule has 2 amide bonds. The fourth-order valence-corrected chi connectivity index (χ4v) is 2.57. The fourth-order valence-electron chi connectivity index (χ4n) is 2.26. The third kappa shape index (κ3) is 1.57. The average Bonchev–Trinajstić information content (AvgIpc) is 2.84. The number of carbonyl (C=O) groups excluding carboxylic acids is 2. The second-order valence-electron chi connectivity index (χ2n) is 4.47. The van der Waals surface area contributed by atoms with E-state index in [2.05, 4.69) is 4.98 Å². The van der Waals surface area contributed by atoms with Gasteiger partial charge in [-0.15, -0.1) is 0 Å². The van der Waals surface area contributed by atoms with Crippen molar-refractivity contribution in [2.75, 3.05) is 7.05 Å². The van der Waals surface area contributed by atoms with E-state index in [1.54, 1.807) is 24.4 Å². The molecule has 5 nitrogen and oxygen atoms in total. The Balaban J connectivity index is 2.22. The molecule has 96 valence electrons. The monoisotopic (exact) mass is 273 g/mol. The molecule has 2 aromatic rings. The Hall–Kier alpha value is -2.21. The minimum Gasteiger partial charge on any atom is -0.337 e. The molecule has 0 spiro atoms. The van der Waals surface area contributed by atoms with E-state index in [0.717, 1.165) is 16.3 Å². The number of imide groups is 1. The molecule has 0 atom stereocenters. The number of fused-ring (bicyclic) bond motifs is 1. The highest BCUT2D eigenvalue weighted by Crippen LogP contribution is 2.24. The van der Waals surface area contributed by atoms with Crippen molar-refractivity contribution in [3.8, 4) is 5.69 Å². The van der Waals surface area contributed by atoms with Crippen molar-refractivity contribution < 1.29 is 9.59 Å². The molecule has 0 radical (unpaired) electrons. The largest absolute Gasteiger partial charge is 0.337 e. The van der Waals surface area contributed by atoms with Crippen molar-refractivity contribution in [3.05, 3.63) is 46.0 Å². The Morgan fingerprint density at radius 3 is 2.47 bits per heavy atom. The van der Waals surface area contributed by atoms with E-state index >= 15 is 0 Å². The standard InChI is InChI=1S/C13H11N3O2S/c1-7-6-14-13(19)16(7)8-3-4-9-10(5-8)12(18)15(2)11(9)17/h3-6H,1-2H3,(H,14,19). The molecular formula is C13H11N3O2S. The van der Waals surface area contributed by atoms with Gasteiger partial charge in [-0.25, -0.2) is 0 Å². The van der Waals surface area contributed by atoms with Gasteiger partial charge in [0.2, 0.25) is 0 Å². The van der Waals surface area contributed by atoms with E-state index in [-0.39, 0.29) is 11.8 Å². The third-order valence-corrected chi connectivity index (χ3v) is 3.59. The number of nitrogens with one attached hydrogen (secondary N) is 1. The molecule has 1 aromatic carbocycles. The Bertz CT molecular complexity index is 772. The summed E-state index contributed by atoms with van der Waals surface area (Å²) in [6, 6.07) is 5.16. The summed E-state index contributed by atoms with van der Waals surface area (Å²) in [5, 5.41) is 0. The maximum Gasteiger partial charge on any atom is 0.261 e. The van der Waals surface area contributed by atoms with Crippen LogP contribution in [0.1, 0.15) is 26.4 Å². The molecule has 1 aliphatic heterocycles. The van der Waals surface area contributed by atoms with Gasteiger partial charge >= 0.3 is 0 Å². The highest BCUT2D eigenvalue weighted by molar-refractivity contribution is 7.71. The van der Waals surface area contributed by atoms with Crippen LogP contribution in [0.4, 0.5) is 0 Å². The second-order valence-corrected chi connectivity index (χ2v) is 4.86. The van der Waals surface area contributed by atoms with E-state index < -0.39 is 0 Å². The van der Waals surface area contributed by atoms with Crippen LogP contribution >= 0.6 is 12.2 Å². The zero-order chi connectivity index (χ0) is 13.7. The van der Waals surface area contributed by atoms with Crippen molar-refractivity contribution in [2.24, 2.45) is 0 Å². The Morgan fingerprint density at radius 2 is 1.84 bits per heavy atom. The van der Waals surface area contributed by atoms with Crippen molar-refractivity contribution in [1.29, 1.82) is 0 Å². The van der Waals surface area contributed by atoms with Gasteiger partial charge < -0.3 is 4.98 Å². The van der Waals surface area contributed by atoms with Crippen LogP contribution in [0, 0.1) is 11.7 Å². The lowest BCUT2D eigenvalue weighted by Gasteiger charge is -2.06. The smallest absolute Gasteiger partial charge is 0.261 e. The number of amides is 2. The van der Waals surface area contributed by atoms with Crippen LogP contribution in [0.15, 0.2) is 24.4 Å². The quantitative estimate of drug-likeness (QED) is 0.639. The maximum absolute atomic E-state index is 12.0. The number of benzene rings is 1. The van der Waals surface area contributed by atoms with Gasteiger partial charge in [-0.3, -0.25) is 19.1 Å². The first kappa shape index (κ1) is 11.9. The lowest BCUT2D eigenvalue weighted by Crippen LogP contribution is -2.24. The Labute approximate surface area is 114 Å². The van der Waals surface area contributed by atoms with Gasteiger partial charge in [-0.05, 0) is 37.3 Å². The molecule has 3 rings (SSSR count). The first-order chi connectivity index (χ1) is 9.00. The summed E-state index contributed by atoms with van der Waals surface area (Å²) in [5.74, 6) is -0.539. The van der Waals surface area contributed by atoms with Gasteiger partial charge in [0.1, 0.15) is 0 Å². The number of imidazole rings is 1. The first-order valence-corrected chi connectivity index (χ1v) is 6.15. The zero-order valence-corrected chi connectivity index (χ0v) is 11.2. The van der Waals surface area contributed by atoms with E-state index in [1.807, 2.05) is 11.5 Å². The van der Waals surface area contributed by atoms with Crippen molar-refractivity contribution in [2.45, 2.75) is 6.92 Å². The summed E-state index contributed by atoms with van der Waals surface area (Å²) in [5.41, 5.74) is 2.58. The molecule has 0 bridgehead atoms. The van der Waals surface area contributed by atoms with Crippen molar-refractivity contribution >= 4 is 24.0 Å². The molecule has 1 N–H and O–H groups in total. The van der Waals surface area contributed by atoms with Gasteiger partial charge in [-0.1, -0.05) is 0 Å². The summed E-state index contributed by atoms with van der Waals surface area (Å²) in [6.45, 7) is 1.92. The van der Waals surface area contributed by atoms with Gasteiger partial charge in [0, 0.05) is 24.6 Å². The molecule has 0 unspecified atom stereocenters. The molecular weight excluding hydrogens is 262 g/mol. The maximum atomic E-state index is 12.0. The molecule has 0 saturated carbocycles. The van der Waals surface area contributed by atoms with E-state index in [1.165, 1.54) is 7.05 Å². The normalized spacial score (nSPS) is 14.1. The number of aryl methyl sites for hydroxylation is 1. The molecule has 6 heteroatoms. The molecule has 1 aromatic heterocycles. The predicted molar refractivity (Wildman–Crippen MR) is 72.1 cm³/mol. The minimum atomic E-state index is -0.276. The summed E-state index contributed by atoms with van der Waals surface area (Å²) in [4.78, 5) is 27.8. The van der Waals surface area contributed by atoms with Gasteiger partial charge in [0.05, 0.1) is 11.1 Å². The van der Waals surface area contributed by atoms with Gasteiger partial charge in [0.25, 0.3) is 11.8 Å². The van der Waals surface area contributed by atoms with Crippen LogP contribution in [-0.2, 0) is 0 Å². The molecule has 0 saturated heterocycles. The summed E-state index contributed by atoms with van der Waals surface area (Å²) < 4.78 is 2.38. The SMILES string of the molecule is Cc1c[nH]c(=S)n1-c1ccc2c(c1)C(=O)N(C)C2=O. The van der Waals surface area contributed by atoms with Crippen LogP contribution in [0.2, 0.25) is 0 Å². The highest BCUT2D eigenvalue weighted by atomic mass is 32.1. The Kier molecular flexibility index (Phi) is 2.43. The molecule has 19 heavy (non-hydrogen) atoms. The van der Waals surface area contributed by atoms with Crippen LogP contribution in [-0.4, -0.2) is 33.3 Å². The lowest BCUT2D eigenvalue weighted by molar-refractivity contribution is 0.0693. The fraction of sp³-hybridized carbons (Fsp3) is 0.154. The number of carbonyl (C=O) groups is 2. The van der Waals surface area contributed by atoms with E-state index in [9.17, 15) is 9.59 Å². The number of H-pyrrole nitrogens is 1. The van der Waals surface area contributed by atoms with Crippen LogP contribution < -0.4 is 0 Å². The summed E-state index contributed by atoms with van der Waals surface area (Å²) in [6.07, 6.45) is 1.80. The van der Waals surface area contributed by atoms with E-state index in [4.69, 9.17) is 12.2 Å². The highest BCUT2D eigenvalue weighted by Gasteiger charge is 2.32. The third-order valence-electron chi connectivity index (χ3n) is 3.29. The van der Waals surface area contributed by atoms with Crippen LogP contribution in [0.25, 0.3) is 5.69 Å². The molecule has 2 heterocycles. The zero-order valence-electron chi connectivity index (χ0n) is 10.4. The summed E-state index contributed by atoms with van der Waals surface area (Å²) in [7, 11) is 1.48. The van der Waals surface area contributed by atoms with Crippen LogP contribution in [0.5, 0.6) is 0 Å². The van der Waals surface area contributed by atoms with Gasteiger partial charge in [0.15, 0.2) is 4.77 Å². The number of aromatic nitrogens is 2.